The summed E-state index contributed by atoms with van der Waals surface area (Å²) in [5, 5.41) is 3.28. The molecular formula is C10H11CrNO5. The average molecular weight is 277 g/mol. The average Bonchev–Trinajstić information content (AvgIpc) is 2.51. The third-order valence-corrected chi connectivity index (χ3v) is 1.21. The Morgan fingerprint density at radius 2 is 0.765 bits per heavy atom. The molecule has 1 saturated heterocycles. The molecule has 7 heteroatoms. The third kappa shape index (κ3) is 98.1. The molecule has 0 bridgehead atoms. The van der Waals surface area contributed by atoms with E-state index in [1.54, 1.807) is 0 Å². The maximum atomic E-state index is 7.50. The first kappa shape index (κ1) is 36.0. The van der Waals surface area contributed by atoms with Gasteiger partial charge in [0, 0.05) is 17.4 Å². The largest absolute Gasteiger partial charge is 0 e. The van der Waals surface area contributed by atoms with Gasteiger partial charge in [-0.1, -0.05) is 6.42 Å². The van der Waals surface area contributed by atoms with Crippen LogP contribution in [0.1, 0.15) is 19.3 Å². The Balaban J connectivity index is -0.0000000242. The molecular weight excluding hydrogens is 266 g/mol. The monoisotopic (exact) mass is 277 g/mol. The van der Waals surface area contributed by atoms with E-state index in [0.29, 0.717) is 0 Å². The van der Waals surface area contributed by atoms with Gasteiger partial charge in [0.2, 0.25) is 0 Å². The van der Waals surface area contributed by atoms with Crippen LogP contribution < -0.4 is 5.32 Å². The van der Waals surface area contributed by atoms with Crippen molar-refractivity contribution >= 4 is 0 Å². The van der Waals surface area contributed by atoms with Gasteiger partial charge in [-0.3, -0.25) is 0 Å². The van der Waals surface area contributed by atoms with Gasteiger partial charge in [0.1, 0.15) is 0 Å². The minimum absolute atomic E-state index is 0. The van der Waals surface area contributed by atoms with Crippen LogP contribution in [0.15, 0.2) is 0 Å². The van der Waals surface area contributed by atoms with Crippen LogP contribution in [0.25, 0.3) is 0 Å². The van der Waals surface area contributed by atoms with Crippen molar-refractivity contribution in [2.45, 2.75) is 19.3 Å². The molecule has 92 valence electrons. The fraction of sp³-hybridized carbons (Fsp3) is 0.500. The molecule has 1 heterocycles. The molecule has 1 rings (SSSR count). The van der Waals surface area contributed by atoms with Crippen molar-refractivity contribution in [3.63, 3.8) is 0 Å². The van der Waals surface area contributed by atoms with E-state index in [1.807, 2.05) is 0 Å². The van der Waals surface area contributed by atoms with Gasteiger partial charge in [-0.15, -0.1) is 0 Å². The van der Waals surface area contributed by atoms with Crippen molar-refractivity contribution in [1.82, 2.24) is 5.32 Å². The van der Waals surface area contributed by atoms with Gasteiger partial charge in [0.05, 0.1) is 0 Å². The molecule has 17 heavy (non-hydrogen) atoms. The number of piperidine rings is 1. The second-order valence-electron chi connectivity index (χ2n) is 1.81. The first-order valence-electron chi connectivity index (χ1n) is 3.73. The molecule has 0 aliphatic carbocycles. The van der Waals surface area contributed by atoms with Crippen LogP contribution in [0.2, 0.25) is 0 Å². The first-order valence-corrected chi connectivity index (χ1v) is 3.73. The van der Waals surface area contributed by atoms with E-state index in [0.717, 1.165) is 0 Å². The van der Waals surface area contributed by atoms with Crippen LogP contribution in [0.3, 0.4) is 0 Å². The zero-order chi connectivity index (χ0) is 14.2. The van der Waals surface area contributed by atoms with Gasteiger partial charge in [0.25, 0.3) is 0 Å². The summed E-state index contributed by atoms with van der Waals surface area (Å²) < 4.78 is 37.5. The van der Waals surface area contributed by atoms with Crippen molar-refractivity contribution in [1.29, 1.82) is 0 Å². The summed E-state index contributed by atoms with van der Waals surface area (Å²) in [6.45, 7) is 25.0. The van der Waals surface area contributed by atoms with Gasteiger partial charge in [-0.25, -0.2) is 0 Å². The van der Waals surface area contributed by atoms with E-state index >= 15 is 0 Å². The van der Waals surface area contributed by atoms with E-state index in [9.17, 15) is 0 Å². The molecule has 0 aromatic rings. The molecule has 0 aromatic heterocycles. The smallest absolute Gasteiger partial charge is 0 e. The molecule has 0 saturated carbocycles. The van der Waals surface area contributed by atoms with Crippen molar-refractivity contribution in [2.75, 3.05) is 13.1 Å². The van der Waals surface area contributed by atoms with Crippen LogP contribution in [-0.2, 0) is 40.6 Å². The predicted molar refractivity (Wildman–Crippen MR) is 46.4 cm³/mol. The maximum Gasteiger partial charge on any atom is 0 e. The number of hydrogen-bond acceptors (Lipinski definition) is 1. The van der Waals surface area contributed by atoms with Crippen molar-refractivity contribution < 1.29 is 40.6 Å². The molecule has 0 radical (unpaired) electrons. The van der Waals surface area contributed by atoms with Gasteiger partial charge in [-0.2, -0.15) is 0 Å². The summed E-state index contributed by atoms with van der Waals surface area (Å²) >= 11 is 0. The van der Waals surface area contributed by atoms with E-state index < -0.39 is 0 Å². The minimum atomic E-state index is 0. The SMILES string of the molecule is C1CCNCC1.[C-]#[O+].[C-]#[O+].[C-]#[O+].[C-]#[O+].[C-]#[O+].[Cr]. The molecule has 0 unspecified atom stereocenters. The van der Waals surface area contributed by atoms with Gasteiger partial charge in [0.15, 0.2) is 0 Å². The molecule has 6 nitrogen and oxygen atoms in total. The molecule has 0 amide bonds. The molecule has 1 aliphatic rings. The van der Waals surface area contributed by atoms with Crippen LogP contribution in [0, 0.1) is 33.3 Å². The number of hydrogen-bond donors (Lipinski definition) is 1. The minimum Gasteiger partial charge on any atom is 0 e. The summed E-state index contributed by atoms with van der Waals surface area (Å²) in [4.78, 5) is 0. The summed E-state index contributed by atoms with van der Waals surface area (Å²) in [7, 11) is 0. The van der Waals surface area contributed by atoms with Gasteiger partial charge >= 0.3 is 56.5 Å². The second kappa shape index (κ2) is 114. The zero-order valence-electron chi connectivity index (χ0n) is 8.99. The topological polar surface area (TPSA) is 112 Å². The van der Waals surface area contributed by atoms with E-state index in [4.69, 9.17) is 23.3 Å². The van der Waals surface area contributed by atoms with Gasteiger partial charge < -0.3 is 5.32 Å². The summed E-state index contributed by atoms with van der Waals surface area (Å²) in [5.41, 5.74) is 0. The fourth-order valence-corrected chi connectivity index (χ4v) is 0.802. The number of nitrogens with one attached hydrogen (secondary N) is 1. The zero-order valence-corrected chi connectivity index (χ0v) is 10.3. The Kier molecular flexibility index (Phi) is 240. The van der Waals surface area contributed by atoms with Crippen LogP contribution >= 0.6 is 0 Å². The standard InChI is InChI=1S/C5H11N.5CO.Cr/c1-2-4-6-5-3-1;5*1-2;/h6H,1-5H2;;;;;;. The van der Waals surface area contributed by atoms with Crippen LogP contribution in [-0.4, -0.2) is 13.1 Å². The third-order valence-electron chi connectivity index (χ3n) is 1.21. The van der Waals surface area contributed by atoms with Crippen molar-refractivity contribution in [2.24, 2.45) is 0 Å². The quantitative estimate of drug-likeness (QED) is 0.506. The molecule has 1 aliphatic heterocycles. The fourth-order valence-electron chi connectivity index (χ4n) is 0.802. The maximum absolute atomic E-state index is 7.50. The normalized spacial score (nSPS) is 9.06. The molecule has 1 N–H and O–H groups in total. The Hall–Kier alpha value is -0.808. The second-order valence-corrected chi connectivity index (χ2v) is 1.81. The molecule has 0 spiro atoms. The summed E-state index contributed by atoms with van der Waals surface area (Å²) in [5.74, 6) is 0. The van der Waals surface area contributed by atoms with E-state index in [2.05, 4.69) is 38.6 Å². The Bertz CT molecular complexity index is 135. The Morgan fingerprint density at radius 3 is 0.824 bits per heavy atom. The number of rotatable bonds is 0. The Labute approximate surface area is 112 Å². The van der Waals surface area contributed by atoms with Crippen molar-refractivity contribution in [3.05, 3.63) is 33.3 Å². The first-order chi connectivity index (χ1) is 8.00. The molecule has 0 aromatic carbocycles. The van der Waals surface area contributed by atoms with Crippen LogP contribution in [0.5, 0.6) is 0 Å². The molecule has 0 atom stereocenters. The summed E-state index contributed by atoms with van der Waals surface area (Å²) in [6.07, 6.45) is 4.22. The predicted octanol–water partition coefficient (Wildman–Crippen LogP) is 0.570. The van der Waals surface area contributed by atoms with E-state index in [1.165, 1.54) is 32.4 Å². The molecule has 1 fully saturated rings. The van der Waals surface area contributed by atoms with Crippen molar-refractivity contribution in [3.8, 4) is 0 Å². The summed E-state index contributed by atoms with van der Waals surface area (Å²) in [6, 6.07) is 0. The van der Waals surface area contributed by atoms with E-state index in [-0.39, 0.29) is 17.4 Å². The van der Waals surface area contributed by atoms with Gasteiger partial charge in [-0.05, 0) is 25.9 Å². The van der Waals surface area contributed by atoms with Crippen LogP contribution in [0.4, 0.5) is 0 Å². The Morgan fingerprint density at radius 1 is 0.529 bits per heavy atom.